The van der Waals surface area contributed by atoms with E-state index in [4.69, 9.17) is 9.47 Å². The molecular formula is C32H43N3O6. The lowest BCUT2D eigenvalue weighted by atomic mass is 9.87. The van der Waals surface area contributed by atoms with Gasteiger partial charge in [0.2, 0.25) is 11.8 Å². The van der Waals surface area contributed by atoms with Crippen LogP contribution in [0.2, 0.25) is 0 Å². The largest absolute Gasteiger partial charge is 0.466 e. The highest BCUT2D eigenvalue weighted by molar-refractivity contribution is 5.92. The first-order valence-electron chi connectivity index (χ1n) is 14.3. The van der Waals surface area contributed by atoms with Crippen LogP contribution in [0.25, 0.3) is 0 Å². The van der Waals surface area contributed by atoms with Crippen LogP contribution in [0, 0.1) is 6.92 Å². The molecule has 1 aliphatic carbocycles. The molecule has 0 saturated heterocycles. The van der Waals surface area contributed by atoms with E-state index in [1.807, 2.05) is 61.5 Å². The maximum absolute atomic E-state index is 14.5. The van der Waals surface area contributed by atoms with Crippen molar-refractivity contribution in [3.63, 3.8) is 0 Å². The standard InChI is InChI=1S/C32H43N3O6/c1-6-40-27(36)18-19-33-29(37)28(24-15-10-12-22(2)20-24)35(25-16-11-17-25)30(38)26(21-23-13-8-7-9-14-23)34-31(39)41-32(3,4)5/h7-10,12-15,20,25-26,28H,6,11,16-19,21H2,1-5H3,(H,33,37)(H,34,39). The maximum Gasteiger partial charge on any atom is 0.408 e. The molecule has 3 rings (SSSR count). The number of carbonyl (C=O) groups excluding carboxylic acids is 4. The zero-order chi connectivity index (χ0) is 30.0. The summed E-state index contributed by atoms with van der Waals surface area (Å²) in [7, 11) is 0. The SMILES string of the molecule is CCOC(=O)CCNC(=O)C(c1cccc(C)c1)N(C(=O)C(Cc1ccccc1)NC(=O)OC(C)(C)C)C1CCC1. The first kappa shape index (κ1) is 31.6. The van der Waals surface area contributed by atoms with Gasteiger partial charge in [-0.25, -0.2) is 4.79 Å². The number of nitrogens with one attached hydrogen (secondary N) is 2. The van der Waals surface area contributed by atoms with E-state index in [9.17, 15) is 19.2 Å². The van der Waals surface area contributed by atoms with Crippen LogP contribution in [-0.2, 0) is 30.3 Å². The van der Waals surface area contributed by atoms with Crippen LogP contribution in [0.1, 0.15) is 76.1 Å². The second-order valence-corrected chi connectivity index (χ2v) is 11.4. The summed E-state index contributed by atoms with van der Waals surface area (Å²) in [6.07, 6.45) is 1.97. The van der Waals surface area contributed by atoms with Gasteiger partial charge in [0.1, 0.15) is 17.7 Å². The summed E-state index contributed by atoms with van der Waals surface area (Å²) in [5.41, 5.74) is 1.72. The zero-order valence-electron chi connectivity index (χ0n) is 24.8. The minimum atomic E-state index is -0.965. The Hall–Kier alpha value is -3.88. The molecule has 222 valence electrons. The van der Waals surface area contributed by atoms with Gasteiger partial charge in [-0.2, -0.15) is 0 Å². The lowest BCUT2D eigenvalue weighted by Crippen LogP contribution is -2.58. The van der Waals surface area contributed by atoms with Crippen molar-refractivity contribution in [2.75, 3.05) is 13.2 Å². The molecule has 1 saturated carbocycles. The van der Waals surface area contributed by atoms with E-state index in [0.717, 1.165) is 30.4 Å². The van der Waals surface area contributed by atoms with Gasteiger partial charge in [0, 0.05) is 19.0 Å². The lowest BCUT2D eigenvalue weighted by molar-refractivity contribution is -0.148. The molecule has 2 unspecified atom stereocenters. The van der Waals surface area contributed by atoms with Crippen molar-refractivity contribution in [1.82, 2.24) is 15.5 Å². The Bertz CT molecular complexity index is 1190. The van der Waals surface area contributed by atoms with Crippen LogP contribution in [0.4, 0.5) is 4.79 Å². The topological polar surface area (TPSA) is 114 Å². The fraction of sp³-hybridized carbons (Fsp3) is 0.500. The van der Waals surface area contributed by atoms with E-state index in [1.165, 1.54) is 0 Å². The molecule has 3 amide bonds. The van der Waals surface area contributed by atoms with Crippen LogP contribution in [0.3, 0.4) is 0 Å². The third-order valence-electron chi connectivity index (χ3n) is 6.81. The van der Waals surface area contributed by atoms with Gasteiger partial charge in [0.15, 0.2) is 0 Å². The normalized spacial score (nSPS) is 14.7. The molecule has 0 spiro atoms. The van der Waals surface area contributed by atoms with E-state index in [0.29, 0.717) is 5.56 Å². The predicted octanol–water partition coefficient (Wildman–Crippen LogP) is 4.62. The van der Waals surface area contributed by atoms with Crippen molar-refractivity contribution in [1.29, 1.82) is 0 Å². The van der Waals surface area contributed by atoms with E-state index in [2.05, 4.69) is 10.6 Å². The van der Waals surface area contributed by atoms with Crippen molar-refractivity contribution in [3.8, 4) is 0 Å². The summed E-state index contributed by atoms with van der Waals surface area (Å²) in [6.45, 7) is 9.27. The van der Waals surface area contributed by atoms with E-state index in [1.54, 1.807) is 32.6 Å². The highest BCUT2D eigenvalue weighted by Gasteiger charge is 2.42. The highest BCUT2D eigenvalue weighted by atomic mass is 16.6. The minimum absolute atomic E-state index is 0.0221. The molecule has 2 aromatic rings. The number of esters is 1. The summed E-state index contributed by atoms with van der Waals surface area (Å²) >= 11 is 0. The van der Waals surface area contributed by atoms with Gasteiger partial charge in [0.25, 0.3) is 0 Å². The van der Waals surface area contributed by atoms with Gasteiger partial charge in [0.05, 0.1) is 13.0 Å². The molecule has 1 aliphatic rings. The molecule has 0 heterocycles. The molecule has 2 N–H and O–H groups in total. The second-order valence-electron chi connectivity index (χ2n) is 11.4. The molecule has 0 bridgehead atoms. The number of nitrogens with zero attached hydrogens (tertiary/aromatic N) is 1. The third-order valence-corrected chi connectivity index (χ3v) is 6.81. The molecule has 41 heavy (non-hydrogen) atoms. The molecule has 2 atom stereocenters. The number of amides is 3. The van der Waals surface area contributed by atoms with Crippen molar-refractivity contribution in [2.45, 2.75) is 90.4 Å². The monoisotopic (exact) mass is 565 g/mol. The van der Waals surface area contributed by atoms with Gasteiger partial charge in [-0.15, -0.1) is 0 Å². The van der Waals surface area contributed by atoms with Gasteiger partial charge in [-0.1, -0.05) is 60.2 Å². The summed E-state index contributed by atoms with van der Waals surface area (Å²) in [5.74, 6) is -1.16. The summed E-state index contributed by atoms with van der Waals surface area (Å²) in [5, 5.41) is 5.63. The number of benzene rings is 2. The molecule has 1 fully saturated rings. The van der Waals surface area contributed by atoms with Crippen LogP contribution in [-0.4, -0.2) is 59.6 Å². The Kier molecular flexibility index (Phi) is 11.3. The molecule has 2 aromatic carbocycles. The summed E-state index contributed by atoms with van der Waals surface area (Å²) in [6, 6.07) is 14.8. The summed E-state index contributed by atoms with van der Waals surface area (Å²) in [4.78, 5) is 54.7. The van der Waals surface area contributed by atoms with Crippen LogP contribution in [0.15, 0.2) is 54.6 Å². The van der Waals surface area contributed by atoms with Crippen LogP contribution < -0.4 is 10.6 Å². The fourth-order valence-corrected chi connectivity index (χ4v) is 4.76. The minimum Gasteiger partial charge on any atom is -0.466 e. The maximum atomic E-state index is 14.5. The fourth-order valence-electron chi connectivity index (χ4n) is 4.76. The van der Waals surface area contributed by atoms with Crippen molar-refractivity contribution >= 4 is 23.9 Å². The third kappa shape index (κ3) is 9.62. The number of rotatable bonds is 12. The Morgan fingerprint density at radius 1 is 1.02 bits per heavy atom. The summed E-state index contributed by atoms with van der Waals surface area (Å²) < 4.78 is 10.5. The number of aryl methyl sites for hydroxylation is 1. The van der Waals surface area contributed by atoms with E-state index < -0.39 is 35.7 Å². The Balaban J connectivity index is 1.97. The molecule has 0 aliphatic heterocycles. The number of hydrogen-bond donors (Lipinski definition) is 2. The zero-order valence-corrected chi connectivity index (χ0v) is 24.8. The van der Waals surface area contributed by atoms with Gasteiger partial charge < -0.3 is 25.0 Å². The molecule has 0 radical (unpaired) electrons. The Morgan fingerprint density at radius 3 is 2.32 bits per heavy atom. The Morgan fingerprint density at radius 2 is 1.73 bits per heavy atom. The molecule has 0 aromatic heterocycles. The number of alkyl carbamates (subject to hydrolysis) is 1. The van der Waals surface area contributed by atoms with E-state index in [-0.39, 0.29) is 37.9 Å². The van der Waals surface area contributed by atoms with Crippen molar-refractivity contribution < 1.29 is 28.7 Å². The smallest absolute Gasteiger partial charge is 0.408 e. The van der Waals surface area contributed by atoms with Crippen molar-refractivity contribution in [2.24, 2.45) is 0 Å². The Labute approximate surface area is 243 Å². The van der Waals surface area contributed by atoms with E-state index >= 15 is 0 Å². The average molecular weight is 566 g/mol. The van der Waals surface area contributed by atoms with Gasteiger partial charge in [-0.3, -0.25) is 14.4 Å². The average Bonchev–Trinajstić information content (AvgIpc) is 2.86. The van der Waals surface area contributed by atoms with Crippen molar-refractivity contribution in [3.05, 3.63) is 71.3 Å². The lowest BCUT2D eigenvalue weighted by Gasteiger charge is -2.43. The molecule has 9 nitrogen and oxygen atoms in total. The van der Waals surface area contributed by atoms with Crippen LogP contribution in [0.5, 0.6) is 0 Å². The number of ether oxygens (including phenoxy) is 2. The first-order chi connectivity index (χ1) is 19.5. The molecule has 9 heteroatoms. The second kappa shape index (κ2) is 14.7. The quantitative estimate of drug-likeness (QED) is 0.363. The van der Waals surface area contributed by atoms with Gasteiger partial charge >= 0.3 is 12.1 Å². The highest BCUT2D eigenvalue weighted by Crippen LogP contribution is 2.34. The molecular weight excluding hydrogens is 522 g/mol. The predicted molar refractivity (Wildman–Crippen MR) is 156 cm³/mol. The van der Waals surface area contributed by atoms with Crippen LogP contribution >= 0.6 is 0 Å². The number of carbonyl (C=O) groups is 4. The number of hydrogen-bond acceptors (Lipinski definition) is 6. The first-order valence-corrected chi connectivity index (χ1v) is 14.3. The van der Waals surface area contributed by atoms with Gasteiger partial charge in [-0.05, 0) is 65.0 Å².